The van der Waals surface area contributed by atoms with Crippen LogP contribution in [0.15, 0.2) is 0 Å². The first-order valence-electron chi connectivity index (χ1n) is 5.96. The quantitative estimate of drug-likeness (QED) is 0.758. The van der Waals surface area contributed by atoms with E-state index in [1.54, 1.807) is 7.11 Å². The summed E-state index contributed by atoms with van der Waals surface area (Å²) in [5, 5.41) is 12.7. The van der Waals surface area contributed by atoms with Crippen molar-refractivity contribution in [2.24, 2.45) is 0 Å². The van der Waals surface area contributed by atoms with E-state index in [1.807, 2.05) is 14.1 Å². The first-order valence-corrected chi connectivity index (χ1v) is 5.96. The topological polar surface area (TPSA) is 48.3 Å². The number of ether oxygens (including phenoxy) is 1. The summed E-state index contributed by atoms with van der Waals surface area (Å²) in [5.41, 5.74) is -0.366. The fourth-order valence-electron chi connectivity index (χ4n) is 2.25. The van der Waals surface area contributed by atoms with E-state index in [4.69, 9.17) is 4.74 Å². The van der Waals surface area contributed by atoms with Gasteiger partial charge in [0.05, 0.1) is 12.2 Å². The van der Waals surface area contributed by atoms with Gasteiger partial charge in [0.2, 0.25) is 0 Å². The summed E-state index contributed by atoms with van der Waals surface area (Å²) in [6, 6.07) is 2.45. The van der Waals surface area contributed by atoms with Crippen LogP contribution in [0, 0.1) is 11.3 Å². The van der Waals surface area contributed by atoms with Crippen molar-refractivity contribution in [3.63, 3.8) is 0 Å². The number of hydrogen-bond acceptors (Lipinski definition) is 4. The fraction of sp³-hybridized carbons (Fsp3) is 0.917. The van der Waals surface area contributed by atoms with E-state index >= 15 is 0 Å². The molecule has 0 radical (unpaired) electrons. The van der Waals surface area contributed by atoms with Crippen LogP contribution in [0.1, 0.15) is 25.7 Å². The Hall–Kier alpha value is -0.630. The maximum Gasteiger partial charge on any atom is 0.109 e. The van der Waals surface area contributed by atoms with Gasteiger partial charge in [0.15, 0.2) is 0 Å². The van der Waals surface area contributed by atoms with Gasteiger partial charge in [-0.3, -0.25) is 5.32 Å². The maximum atomic E-state index is 9.34. The highest BCUT2D eigenvalue weighted by Gasteiger charge is 2.36. The van der Waals surface area contributed by atoms with E-state index in [0.29, 0.717) is 0 Å². The van der Waals surface area contributed by atoms with Crippen molar-refractivity contribution in [2.75, 3.05) is 34.3 Å². The summed E-state index contributed by atoms with van der Waals surface area (Å²) in [7, 11) is 5.82. The van der Waals surface area contributed by atoms with Crippen LogP contribution in [0.25, 0.3) is 0 Å². The zero-order valence-corrected chi connectivity index (χ0v) is 10.6. The zero-order valence-electron chi connectivity index (χ0n) is 10.6. The van der Waals surface area contributed by atoms with Crippen LogP contribution < -0.4 is 5.32 Å². The van der Waals surface area contributed by atoms with Crippen LogP contribution in [-0.4, -0.2) is 50.8 Å². The molecule has 0 amide bonds. The van der Waals surface area contributed by atoms with Gasteiger partial charge in [-0.15, -0.1) is 0 Å². The highest BCUT2D eigenvalue weighted by molar-refractivity contribution is 5.10. The summed E-state index contributed by atoms with van der Waals surface area (Å²) in [6.07, 6.45) is 4.14. The lowest BCUT2D eigenvalue weighted by Gasteiger charge is -2.36. The molecule has 1 saturated carbocycles. The normalized spacial score (nSPS) is 30.3. The Morgan fingerprint density at radius 1 is 1.56 bits per heavy atom. The van der Waals surface area contributed by atoms with E-state index in [-0.39, 0.29) is 11.6 Å². The summed E-state index contributed by atoms with van der Waals surface area (Å²) >= 11 is 0. The second-order valence-electron chi connectivity index (χ2n) is 4.88. The van der Waals surface area contributed by atoms with Crippen LogP contribution in [0.5, 0.6) is 0 Å². The minimum atomic E-state index is -0.366. The molecule has 0 saturated heterocycles. The smallest absolute Gasteiger partial charge is 0.109 e. The fourth-order valence-corrected chi connectivity index (χ4v) is 2.25. The first kappa shape index (κ1) is 13.4. The lowest BCUT2D eigenvalue weighted by atomic mass is 9.81. The molecule has 1 rings (SSSR count). The standard InChI is InChI=1S/C12H23N3O/c1-15(2)8-7-14-12(10-13)6-4-5-11(9-12)16-3/h11,14H,4-9H2,1-3H3. The Labute approximate surface area is 98.6 Å². The molecule has 2 unspecified atom stereocenters. The van der Waals surface area contributed by atoms with Crippen LogP contribution in [0.3, 0.4) is 0 Å². The summed E-state index contributed by atoms with van der Waals surface area (Å²) < 4.78 is 5.37. The van der Waals surface area contributed by atoms with Crippen molar-refractivity contribution in [3.8, 4) is 6.07 Å². The number of nitrogens with zero attached hydrogens (tertiary/aromatic N) is 2. The van der Waals surface area contributed by atoms with Gasteiger partial charge in [-0.1, -0.05) is 0 Å². The minimum Gasteiger partial charge on any atom is -0.381 e. The number of rotatable bonds is 5. The van der Waals surface area contributed by atoms with Gasteiger partial charge < -0.3 is 9.64 Å². The molecule has 4 nitrogen and oxygen atoms in total. The Balaban J connectivity index is 2.46. The molecule has 0 aliphatic heterocycles. The molecule has 1 N–H and O–H groups in total. The zero-order chi connectivity index (χ0) is 12.0. The van der Waals surface area contributed by atoms with Crippen LogP contribution in [0.2, 0.25) is 0 Å². The molecule has 1 aliphatic rings. The molecule has 0 spiro atoms. The van der Waals surface area contributed by atoms with Gasteiger partial charge in [-0.05, 0) is 33.4 Å². The highest BCUT2D eigenvalue weighted by atomic mass is 16.5. The van der Waals surface area contributed by atoms with Gasteiger partial charge in [-0.25, -0.2) is 0 Å². The predicted molar refractivity (Wildman–Crippen MR) is 64.2 cm³/mol. The van der Waals surface area contributed by atoms with Gasteiger partial charge in [0, 0.05) is 26.6 Å². The second-order valence-corrected chi connectivity index (χ2v) is 4.88. The average molecular weight is 225 g/mol. The van der Waals surface area contributed by atoms with Gasteiger partial charge in [0.25, 0.3) is 0 Å². The lowest BCUT2D eigenvalue weighted by molar-refractivity contribution is 0.0447. The Kier molecular flexibility index (Phi) is 5.20. The summed E-state index contributed by atoms with van der Waals surface area (Å²) in [6.45, 7) is 1.82. The molecule has 16 heavy (non-hydrogen) atoms. The van der Waals surface area contributed by atoms with Gasteiger partial charge in [0.1, 0.15) is 5.54 Å². The van der Waals surface area contributed by atoms with Crippen molar-refractivity contribution < 1.29 is 4.74 Å². The van der Waals surface area contributed by atoms with E-state index < -0.39 is 0 Å². The molecule has 0 heterocycles. The molecule has 0 aromatic carbocycles. The first-order chi connectivity index (χ1) is 7.62. The molecule has 2 atom stereocenters. The van der Waals surface area contributed by atoms with Crippen LogP contribution in [-0.2, 0) is 4.74 Å². The lowest BCUT2D eigenvalue weighted by Crippen LogP contribution is -2.50. The Morgan fingerprint density at radius 3 is 2.88 bits per heavy atom. The molecular weight excluding hydrogens is 202 g/mol. The molecule has 0 aromatic rings. The highest BCUT2D eigenvalue weighted by Crippen LogP contribution is 2.29. The van der Waals surface area contributed by atoms with E-state index in [1.165, 1.54) is 0 Å². The maximum absolute atomic E-state index is 9.34. The van der Waals surface area contributed by atoms with Crippen molar-refractivity contribution >= 4 is 0 Å². The van der Waals surface area contributed by atoms with Crippen LogP contribution >= 0.6 is 0 Å². The predicted octanol–water partition coefficient (Wildman–Crippen LogP) is 0.989. The Morgan fingerprint density at radius 2 is 2.31 bits per heavy atom. The number of nitrogens with one attached hydrogen (secondary N) is 1. The average Bonchev–Trinajstić information content (AvgIpc) is 2.29. The number of likely N-dealkylation sites (N-methyl/N-ethyl adjacent to an activating group) is 1. The molecule has 1 aliphatic carbocycles. The SMILES string of the molecule is COC1CCCC(C#N)(NCCN(C)C)C1. The van der Waals surface area contributed by atoms with E-state index in [0.717, 1.165) is 38.8 Å². The van der Waals surface area contributed by atoms with Crippen molar-refractivity contribution in [1.82, 2.24) is 10.2 Å². The molecule has 0 aromatic heterocycles. The third-order valence-corrected chi connectivity index (χ3v) is 3.28. The minimum absolute atomic E-state index is 0.236. The summed E-state index contributed by atoms with van der Waals surface area (Å²) in [4.78, 5) is 2.12. The number of nitriles is 1. The van der Waals surface area contributed by atoms with Gasteiger partial charge in [-0.2, -0.15) is 5.26 Å². The van der Waals surface area contributed by atoms with E-state index in [9.17, 15) is 5.26 Å². The summed E-state index contributed by atoms with van der Waals surface area (Å²) in [5.74, 6) is 0. The molecular formula is C12H23N3O. The largest absolute Gasteiger partial charge is 0.381 e. The Bertz CT molecular complexity index is 249. The molecule has 92 valence electrons. The number of hydrogen-bond donors (Lipinski definition) is 1. The monoisotopic (exact) mass is 225 g/mol. The second kappa shape index (κ2) is 6.19. The number of methoxy groups -OCH3 is 1. The van der Waals surface area contributed by atoms with Crippen molar-refractivity contribution in [1.29, 1.82) is 5.26 Å². The van der Waals surface area contributed by atoms with E-state index in [2.05, 4.69) is 16.3 Å². The molecule has 1 fully saturated rings. The van der Waals surface area contributed by atoms with Crippen LogP contribution in [0.4, 0.5) is 0 Å². The van der Waals surface area contributed by atoms with Gasteiger partial charge >= 0.3 is 0 Å². The third kappa shape index (κ3) is 3.75. The van der Waals surface area contributed by atoms with Crippen molar-refractivity contribution in [2.45, 2.75) is 37.3 Å². The van der Waals surface area contributed by atoms with Crippen molar-refractivity contribution in [3.05, 3.63) is 0 Å². The molecule has 4 heteroatoms. The third-order valence-electron chi connectivity index (χ3n) is 3.28. The molecule has 0 bridgehead atoms.